The predicted molar refractivity (Wildman–Crippen MR) is 96.4 cm³/mol. The first kappa shape index (κ1) is 15.9. The third-order valence-corrected chi connectivity index (χ3v) is 4.12. The third-order valence-electron chi connectivity index (χ3n) is 4.12. The molecule has 0 saturated heterocycles. The number of amides is 1. The van der Waals surface area contributed by atoms with Gasteiger partial charge in [-0.3, -0.25) is 9.59 Å². The van der Waals surface area contributed by atoms with Crippen molar-refractivity contribution < 1.29 is 4.79 Å². The maximum Gasteiger partial charge on any atom is 0.278 e. The number of aromatic amines is 1. The zero-order chi connectivity index (χ0) is 18.1. The molecule has 8 nitrogen and oxygen atoms in total. The number of imidazole rings is 1. The number of aromatic nitrogens is 5. The molecule has 8 heteroatoms. The minimum absolute atomic E-state index is 0.207. The van der Waals surface area contributed by atoms with Crippen LogP contribution in [0.5, 0.6) is 0 Å². The van der Waals surface area contributed by atoms with Crippen LogP contribution in [0.3, 0.4) is 0 Å². The number of para-hydroxylation sites is 2. The van der Waals surface area contributed by atoms with E-state index in [1.165, 1.54) is 0 Å². The molecule has 0 fully saturated rings. The van der Waals surface area contributed by atoms with Crippen LogP contribution >= 0.6 is 0 Å². The Kier molecular flexibility index (Phi) is 3.92. The van der Waals surface area contributed by atoms with E-state index in [1.807, 2.05) is 31.2 Å². The number of carbonyl (C=O) groups is 1. The minimum Gasteiger partial charge on any atom is -0.345 e. The number of nitrogens with one attached hydrogen (secondary N) is 2. The van der Waals surface area contributed by atoms with E-state index in [0.717, 1.165) is 15.7 Å². The van der Waals surface area contributed by atoms with Gasteiger partial charge in [0.05, 0.1) is 22.5 Å². The number of H-pyrrole nitrogens is 1. The molecule has 0 aliphatic rings. The highest BCUT2D eigenvalue weighted by atomic mass is 16.2. The molecule has 0 bridgehead atoms. The van der Waals surface area contributed by atoms with Gasteiger partial charge in [0, 0.05) is 0 Å². The molecule has 0 unspecified atom stereocenters. The van der Waals surface area contributed by atoms with Crippen LogP contribution in [-0.4, -0.2) is 30.9 Å². The molecule has 2 aromatic heterocycles. The van der Waals surface area contributed by atoms with Gasteiger partial charge in [-0.25, -0.2) is 9.67 Å². The summed E-state index contributed by atoms with van der Waals surface area (Å²) in [7, 11) is 0. The van der Waals surface area contributed by atoms with Gasteiger partial charge < -0.3 is 10.3 Å². The molecule has 4 rings (SSSR count). The second-order valence-electron chi connectivity index (χ2n) is 6.00. The van der Waals surface area contributed by atoms with Gasteiger partial charge in [0.25, 0.3) is 5.56 Å². The summed E-state index contributed by atoms with van der Waals surface area (Å²) >= 11 is 0. The van der Waals surface area contributed by atoms with E-state index in [1.54, 1.807) is 24.3 Å². The van der Waals surface area contributed by atoms with Crippen LogP contribution in [0.4, 0.5) is 0 Å². The molecule has 130 valence electrons. The first-order valence-electron chi connectivity index (χ1n) is 8.18. The summed E-state index contributed by atoms with van der Waals surface area (Å²) in [5, 5.41) is 11.1. The molecule has 2 heterocycles. The highest BCUT2D eigenvalue weighted by Crippen LogP contribution is 2.15. The van der Waals surface area contributed by atoms with E-state index in [-0.39, 0.29) is 24.1 Å². The topological polar surface area (TPSA) is 106 Å². The second-order valence-corrected chi connectivity index (χ2v) is 6.00. The van der Waals surface area contributed by atoms with Crippen LogP contribution in [0.25, 0.3) is 21.9 Å². The van der Waals surface area contributed by atoms with E-state index < -0.39 is 0 Å². The quantitative estimate of drug-likeness (QED) is 0.582. The summed E-state index contributed by atoms with van der Waals surface area (Å²) in [6.07, 6.45) is 0. The van der Waals surface area contributed by atoms with Crippen LogP contribution < -0.4 is 10.9 Å². The summed E-state index contributed by atoms with van der Waals surface area (Å²) in [5.74, 6) is 0.307. The zero-order valence-corrected chi connectivity index (χ0v) is 14.0. The van der Waals surface area contributed by atoms with E-state index in [2.05, 4.69) is 25.6 Å². The number of hydrogen-bond donors (Lipinski definition) is 2. The van der Waals surface area contributed by atoms with Crippen LogP contribution in [0.1, 0.15) is 18.8 Å². The molecule has 26 heavy (non-hydrogen) atoms. The fraction of sp³-hybridized carbons (Fsp3) is 0.167. The lowest BCUT2D eigenvalue weighted by Gasteiger charge is -2.11. The lowest BCUT2D eigenvalue weighted by Crippen LogP contribution is -2.35. The van der Waals surface area contributed by atoms with Crippen molar-refractivity contribution in [3.63, 3.8) is 0 Å². The average molecular weight is 348 g/mol. The fourth-order valence-electron chi connectivity index (χ4n) is 2.80. The van der Waals surface area contributed by atoms with Gasteiger partial charge in [0.2, 0.25) is 5.91 Å². The number of carbonyl (C=O) groups excluding carboxylic acids is 1. The van der Waals surface area contributed by atoms with Crippen molar-refractivity contribution >= 4 is 27.8 Å². The summed E-state index contributed by atoms with van der Waals surface area (Å²) in [6.45, 7) is 1.62. The molecule has 4 aromatic rings. The number of rotatable bonds is 4. The Morgan fingerprint density at radius 3 is 2.69 bits per heavy atom. The van der Waals surface area contributed by atoms with Crippen molar-refractivity contribution in [2.45, 2.75) is 19.5 Å². The molecule has 2 N–H and O–H groups in total. The van der Waals surface area contributed by atoms with E-state index in [0.29, 0.717) is 16.7 Å². The monoisotopic (exact) mass is 348 g/mol. The third kappa shape index (κ3) is 2.92. The van der Waals surface area contributed by atoms with Gasteiger partial charge in [-0.2, -0.15) is 0 Å². The Morgan fingerprint density at radius 2 is 1.88 bits per heavy atom. The van der Waals surface area contributed by atoms with Crippen molar-refractivity contribution in [1.29, 1.82) is 0 Å². The van der Waals surface area contributed by atoms with Gasteiger partial charge in [0.15, 0.2) is 0 Å². The standard InChI is InChI=1S/C18H16N6O2/c1-11(17-20-14-8-4-5-9-15(14)21-17)19-16(25)10-24-18(26)12-6-2-3-7-13(12)22-23-24/h2-9,11H,10H2,1H3,(H,19,25)(H,20,21)/t11-/m0/s1. The molecule has 1 amide bonds. The second kappa shape index (κ2) is 6.40. The smallest absolute Gasteiger partial charge is 0.278 e. The number of fused-ring (bicyclic) bond motifs is 2. The molecule has 0 radical (unpaired) electrons. The first-order valence-corrected chi connectivity index (χ1v) is 8.18. The largest absolute Gasteiger partial charge is 0.345 e. The maximum atomic E-state index is 12.4. The highest BCUT2D eigenvalue weighted by molar-refractivity contribution is 5.79. The molecular formula is C18H16N6O2. The Morgan fingerprint density at radius 1 is 1.15 bits per heavy atom. The van der Waals surface area contributed by atoms with Crippen LogP contribution in [0, 0.1) is 0 Å². The summed E-state index contributed by atoms with van der Waals surface area (Å²) < 4.78 is 1.06. The van der Waals surface area contributed by atoms with E-state index in [9.17, 15) is 9.59 Å². The van der Waals surface area contributed by atoms with E-state index >= 15 is 0 Å². The number of nitrogens with zero attached hydrogens (tertiary/aromatic N) is 4. The Balaban J connectivity index is 1.51. The van der Waals surface area contributed by atoms with Crippen LogP contribution in [0.15, 0.2) is 53.3 Å². The van der Waals surface area contributed by atoms with Gasteiger partial charge in [-0.05, 0) is 31.2 Å². The number of hydrogen-bond acceptors (Lipinski definition) is 5. The normalized spacial score (nSPS) is 12.3. The zero-order valence-electron chi connectivity index (χ0n) is 14.0. The Hall–Kier alpha value is -3.55. The SMILES string of the molecule is C[C@H](NC(=O)Cn1nnc2ccccc2c1=O)c1nc2ccccc2[nH]1. The summed E-state index contributed by atoms with van der Waals surface area (Å²) in [6, 6.07) is 14.2. The fourth-order valence-corrected chi connectivity index (χ4v) is 2.80. The number of benzene rings is 2. The summed E-state index contributed by atoms with van der Waals surface area (Å²) in [4.78, 5) is 32.4. The van der Waals surface area contributed by atoms with Crippen molar-refractivity contribution in [3.8, 4) is 0 Å². The van der Waals surface area contributed by atoms with Crippen LogP contribution in [0.2, 0.25) is 0 Å². The minimum atomic E-state index is -0.345. The first-order chi connectivity index (χ1) is 12.6. The molecule has 0 aliphatic heterocycles. The van der Waals surface area contributed by atoms with Gasteiger partial charge in [-0.15, -0.1) is 5.10 Å². The Labute approximate surface area is 147 Å². The van der Waals surface area contributed by atoms with Crippen molar-refractivity contribution in [2.24, 2.45) is 0 Å². The maximum absolute atomic E-state index is 12.4. The molecule has 0 aliphatic carbocycles. The molecule has 2 aromatic carbocycles. The lowest BCUT2D eigenvalue weighted by atomic mass is 10.2. The van der Waals surface area contributed by atoms with Crippen molar-refractivity contribution in [2.75, 3.05) is 0 Å². The highest BCUT2D eigenvalue weighted by Gasteiger charge is 2.15. The Bertz CT molecular complexity index is 1130. The van der Waals surface area contributed by atoms with E-state index in [4.69, 9.17) is 0 Å². The molecule has 0 saturated carbocycles. The summed E-state index contributed by atoms with van der Waals surface area (Å²) in [5.41, 5.74) is 1.90. The van der Waals surface area contributed by atoms with Gasteiger partial charge in [-0.1, -0.05) is 29.5 Å². The molecule has 1 atom stereocenters. The van der Waals surface area contributed by atoms with Gasteiger partial charge in [0.1, 0.15) is 17.9 Å². The van der Waals surface area contributed by atoms with Crippen LogP contribution in [-0.2, 0) is 11.3 Å². The molecular weight excluding hydrogens is 332 g/mol. The van der Waals surface area contributed by atoms with Crippen molar-refractivity contribution in [1.82, 2.24) is 30.3 Å². The lowest BCUT2D eigenvalue weighted by molar-refractivity contribution is -0.122. The molecule has 0 spiro atoms. The van der Waals surface area contributed by atoms with Crippen molar-refractivity contribution in [3.05, 3.63) is 64.7 Å². The average Bonchev–Trinajstić information content (AvgIpc) is 3.09. The predicted octanol–water partition coefficient (Wildman–Crippen LogP) is 1.55. The van der Waals surface area contributed by atoms with Gasteiger partial charge >= 0.3 is 0 Å².